The van der Waals surface area contributed by atoms with Gasteiger partial charge in [0.2, 0.25) is 0 Å². The van der Waals surface area contributed by atoms with Crippen LogP contribution in [0.3, 0.4) is 0 Å². The molecule has 0 saturated carbocycles. The van der Waals surface area contributed by atoms with Crippen LogP contribution in [0.1, 0.15) is 31.1 Å². The summed E-state index contributed by atoms with van der Waals surface area (Å²) in [4.78, 5) is 43.2. The lowest BCUT2D eigenvalue weighted by Gasteiger charge is -2.14. The van der Waals surface area contributed by atoms with Crippen molar-refractivity contribution in [3.05, 3.63) is 59.2 Å². The number of amidine groups is 1. The molecule has 4 rings (SSSR count). The second-order valence-electron chi connectivity index (χ2n) is 5.90. The van der Waals surface area contributed by atoms with Crippen molar-refractivity contribution in [1.82, 2.24) is 5.32 Å². The van der Waals surface area contributed by atoms with E-state index < -0.39 is 11.8 Å². The summed E-state index contributed by atoms with van der Waals surface area (Å²) in [7, 11) is 1.51. The molecule has 0 fully saturated rings. The third-order valence-corrected chi connectivity index (χ3v) is 5.16. The van der Waals surface area contributed by atoms with Gasteiger partial charge in [-0.25, -0.2) is 4.90 Å². The first kappa shape index (κ1) is 17.3. The van der Waals surface area contributed by atoms with Crippen molar-refractivity contribution in [2.45, 2.75) is 0 Å². The van der Waals surface area contributed by atoms with Gasteiger partial charge in [-0.15, -0.1) is 0 Å². The number of benzene rings is 2. The van der Waals surface area contributed by atoms with E-state index in [4.69, 9.17) is 4.74 Å². The molecule has 2 aromatic carbocycles. The molecule has 0 unspecified atom stereocenters. The zero-order chi connectivity index (χ0) is 19.0. The number of nitrogens with zero attached hydrogens (tertiary/aromatic N) is 2. The Balaban J connectivity index is 1.64. The molecule has 0 atom stereocenters. The predicted molar refractivity (Wildman–Crippen MR) is 103 cm³/mol. The molecule has 0 saturated heterocycles. The first-order valence-corrected chi connectivity index (χ1v) is 9.22. The minimum atomic E-state index is -0.467. The van der Waals surface area contributed by atoms with Gasteiger partial charge in [0.25, 0.3) is 17.7 Å². The summed E-state index contributed by atoms with van der Waals surface area (Å²) in [6.45, 7) is 0.674. The molecule has 0 spiro atoms. The number of aliphatic imine (C=N–C) groups is 1. The number of amides is 3. The van der Waals surface area contributed by atoms with Crippen molar-refractivity contribution >= 4 is 40.3 Å². The molecule has 7 nitrogen and oxygen atoms in total. The summed E-state index contributed by atoms with van der Waals surface area (Å²) >= 11 is 1.47. The zero-order valence-electron chi connectivity index (χ0n) is 14.4. The molecule has 3 amide bonds. The van der Waals surface area contributed by atoms with Gasteiger partial charge in [0.15, 0.2) is 5.17 Å². The van der Waals surface area contributed by atoms with E-state index in [1.54, 1.807) is 24.3 Å². The van der Waals surface area contributed by atoms with Crippen molar-refractivity contribution in [1.29, 1.82) is 0 Å². The van der Waals surface area contributed by atoms with Crippen LogP contribution in [-0.2, 0) is 0 Å². The van der Waals surface area contributed by atoms with Crippen molar-refractivity contribution in [2.75, 3.05) is 24.3 Å². The number of ether oxygens (including phenoxy) is 1. The maximum atomic E-state index is 12.8. The second kappa shape index (κ2) is 6.88. The number of thioether (sulfide) groups is 1. The Labute approximate surface area is 159 Å². The highest BCUT2D eigenvalue weighted by molar-refractivity contribution is 8.14. The maximum Gasteiger partial charge on any atom is 0.266 e. The Morgan fingerprint density at radius 3 is 2.70 bits per heavy atom. The monoisotopic (exact) mass is 381 g/mol. The molecule has 0 aliphatic carbocycles. The van der Waals surface area contributed by atoms with Gasteiger partial charge in [-0.1, -0.05) is 17.8 Å². The van der Waals surface area contributed by atoms with E-state index >= 15 is 0 Å². The van der Waals surface area contributed by atoms with Gasteiger partial charge in [0, 0.05) is 17.4 Å². The molecule has 2 aromatic rings. The minimum Gasteiger partial charge on any atom is -0.497 e. The van der Waals surface area contributed by atoms with E-state index in [0.29, 0.717) is 28.7 Å². The average molecular weight is 381 g/mol. The summed E-state index contributed by atoms with van der Waals surface area (Å²) < 4.78 is 5.16. The number of hydrogen-bond donors (Lipinski definition) is 1. The standard InChI is InChI=1S/C19H15N3O4S/c1-26-13-4-2-3-12(10-13)22-17(24)14-6-5-11(9-15(14)18(22)25)16(23)21-19-20-7-8-27-19/h2-6,9-10H,7-8H2,1H3,(H,20,21,23). The number of imide groups is 1. The Morgan fingerprint density at radius 2 is 1.96 bits per heavy atom. The Bertz CT molecular complexity index is 1000. The van der Waals surface area contributed by atoms with E-state index in [0.717, 1.165) is 10.7 Å². The average Bonchev–Trinajstić information content (AvgIpc) is 3.28. The van der Waals surface area contributed by atoms with E-state index in [9.17, 15) is 14.4 Å². The molecule has 2 aliphatic heterocycles. The molecular weight excluding hydrogens is 366 g/mol. The summed E-state index contributed by atoms with van der Waals surface area (Å²) in [6.07, 6.45) is 0. The fraction of sp³-hybridized carbons (Fsp3) is 0.158. The third kappa shape index (κ3) is 3.08. The molecular formula is C19H15N3O4S. The number of fused-ring (bicyclic) bond motifs is 1. The van der Waals surface area contributed by atoms with Gasteiger partial charge < -0.3 is 10.1 Å². The quantitative estimate of drug-likeness (QED) is 0.825. The lowest BCUT2D eigenvalue weighted by atomic mass is 10.1. The van der Waals surface area contributed by atoms with Crippen LogP contribution in [0.2, 0.25) is 0 Å². The molecule has 0 bridgehead atoms. The Morgan fingerprint density at radius 1 is 1.15 bits per heavy atom. The molecule has 136 valence electrons. The van der Waals surface area contributed by atoms with E-state index in [1.807, 2.05) is 0 Å². The molecule has 0 aromatic heterocycles. The lowest BCUT2D eigenvalue weighted by molar-refractivity contribution is 0.0924. The highest BCUT2D eigenvalue weighted by Gasteiger charge is 2.37. The van der Waals surface area contributed by atoms with Crippen LogP contribution in [0.4, 0.5) is 5.69 Å². The topological polar surface area (TPSA) is 88.1 Å². The minimum absolute atomic E-state index is 0.205. The predicted octanol–water partition coefficient (Wildman–Crippen LogP) is 2.33. The highest BCUT2D eigenvalue weighted by Crippen LogP contribution is 2.31. The zero-order valence-corrected chi connectivity index (χ0v) is 15.2. The Hall–Kier alpha value is -3.13. The van der Waals surface area contributed by atoms with Crippen molar-refractivity contribution in [2.24, 2.45) is 4.99 Å². The second-order valence-corrected chi connectivity index (χ2v) is 6.98. The number of anilines is 1. The van der Waals surface area contributed by atoms with Crippen LogP contribution in [0.25, 0.3) is 0 Å². The molecule has 0 radical (unpaired) electrons. The normalized spacial score (nSPS) is 15.6. The van der Waals surface area contributed by atoms with Gasteiger partial charge in [0.1, 0.15) is 5.75 Å². The fourth-order valence-electron chi connectivity index (χ4n) is 2.95. The summed E-state index contributed by atoms with van der Waals surface area (Å²) in [5.41, 5.74) is 1.20. The van der Waals surface area contributed by atoms with Gasteiger partial charge >= 0.3 is 0 Å². The van der Waals surface area contributed by atoms with E-state index in [2.05, 4.69) is 10.3 Å². The largest absolute Gasteiger partial charge is 0.497 e. The number of hydrogen-bond acceptors (Lipinski definition) is 6. The first-order valence-electron chi connectivity index (χ1n) is 8.24. The number of rotatable bonds is 3. The first-order chi connectivity index (χ1) is 13.1. The highest BCUT2D eigenvalue weighted by atomic mass is 32.2. The van der Waals surface area contributed by atoms with Crippen LogP contribution in [0.5, 0.6) is 5.75 Å². The van der Waals surface area contributed by atoms with Crippen LogP contribution >= 0.6 is 11.8 Å². The van der Waals surface area contributed by atoms with Gasteiger partial charge in [-0.3, -0.25) is 19.4 Å². The maximum absolute atomic E-state index is 12.8. The molecule has 1 N–H and O–H groups in total. The van der Waals surface area contributed by atoms with Crippen molar-refractivity contribution in [3.63, 3.8) is 0 Å². The van der Waals surface area contributed by atoms with Crippen molar-refractivity contribution < 1.29 is 19.1 Å². The van der Waals surface area contributed by atoms with Crippen LogP contribution in [-0.4, -0.2) is 42.3 Å². The molecule has 27 heavy (non-hydrogen) atoms. The summed E-state index contributed by atoms with van der Waals surface area (Å²) in [5, 5.41) is 3.29. The van der Waals surface area contributed by atoms with Crippen LogP contribution < -0.4 is 15.0 Å². The summed E-state index contributed by atoms with van der Waals surface area (Å²) in [6, 6.07) is 11.2. The van der Waals surface area contributed by atoms with Crippen molar-refractivity contribution in [3.8, 4) is 5.75 Å². The van der Waals surface area contributed by atoms with Gasteiger partial charge in [-0.05, 0) is 30.3 Å². The van der Waals surface area contributed by atoms with Gasteiger partial charge in [0.05, 0.1) is 30.5 Å². The van der Waals surface area contributed by atoms with Crippen LogP contribution in [0.15, 0.2) is 47.5 Å². The number of carbonyl (C=O) groups is 3. The Kier molecular flexibility index (Phi) is 4.41. The van der Waals surface area contributed by atoms with E-state index in [-0.39, 0.29) is 17.0 Å². The number of methoxy groups -OCH3 is 1. The lowest BCUT2D eigenvalue weighted by Crippen LogP contribution is -2.29. The van der Waals surface area contributed by atoms with Gasteiger partial charge in [-0.2, -0.15) is 0 Å². The third-order valence-electron chi connectivity index (χ3n) is 4.27. The number of nitrogens with one attached hydrogen (secondary N) is 1. The molecule has 2 heterocycles. The SMILES string of the molecule is COc1cccc(N2C(=O)c3ccc(C(=O)NC4=NCCS4)cc3C2=O)c1. The van der Waals surface area contributed by atoms with E-state index in [1.165, 1.54) is 37.1 Å². The summed E-state index contributed by atoms with van der Waals surface area (Å²) in [5.74, 6) is 0.129. The molecule has 2 aliphatic rings. The fourth-order valence-corrected chi connectivity index (χ4v) is 3.67. The smallest absolute Gasteiger partial charge is 0.266 e. The van der Waals surface area contributed by atoms with Crippen LogP contribution in [0, 0.1) is 0 Å². The number of carbonyl (C=O) groups excluding carboxylic acids is 3. The molecule has 8 heteroatoms.